The maximum atomic E-state index is 2.50. The third-order valence-electron chi connectivity index (χ3n) is 2.64. The summed E-state index contributed by atoms with van der Waals surface area (Å²) in [5.74, 6) is 0. The molecular formula is C15H34N2S2. The molecule has 0 saturated heterocycles. The second kappa shape index (κ2) is 7.58. The molecule has 0 aliphatic carbocycles. The van der Waals surface area contributed by atoms with Gasteiger partial charge in [0.25, 0.3) is 0 Å². The van der Waals surface area contributed by atoms with E-state index in [1.165, 1.54) is 0 Å². The van der Waals surface area contributed by atoms with E-state index in [0.717, 1.165) is 5.08 Å². The largest absolute Gasteiger partial charge is 0.242 e. The van der Waals surface area contributed by atoms with Gasteiger partial charge in [-0.3, -0.25) is 0 Å². The molecule has 0 spiro atoms. The van der Waals surface area contributed by atoms with E-state index in [-0.39, 0.29) is 11.1 Å². The van der Waals surface area contributed by atoms with Crippen molar-refractivity contribution in [1.29, 1.82) is 0 Å². The van der Waals surface area contributed by atoms with Crippen LogP contribution in [0.1, 0.15) is 69.2 Å². The van der Waals surface area contributed by atoms with E-state index in [0.29, 0.717) is 12.1 Å². The molecule has 0 rings (SSSR count). The van der Waals surface area contributed by atoms with E-state index in [4.69, 9.17) is 0 Å². The highest BCUT2D eigenvalue weighted by Gasteiger charge is 2.27. The average molecular weight is 307 g/mol. The quantitative estimate of drug-likeness (QED) is 0.487. The van der Waals surface area contributed by atoms with Crippen molar-refractivity contribution in [2.75, 3.05) is 5.08 Å². The highest BCUT2D eigenvalue weighted by Crippen LogP contribution is 2.33. The topological polar surface area (TPSA) is 6.48 Å². The molecule has 0 amide bonds. The van der Waals surface area contributed by atoms with E-state index in [1.54, 1.807) is 0 Å². The second-order valence-electron chi connectivity index (χ2n) is 7.56. The summed E-state index contributed by atoms with van der Waals surface area (Å²) in [6, 6.07) is 1.13. The molecule has 0 unspecified atom stereocenters. The van der Waals surface area contributed by atoms with Crippen LogP contribution in [-0.2, 0) is 0 Å². The molecule has 0 fully saturated rings. The predicted octanol–water partition coefficient (Wildman–Crippen LogP) is 5.26. The van der Waals surface area contributed by atoms with Crippen molar-refractivity contribution in [2.45, 2.75) is 92.4 Å². The van der Waals surface area contributed by atoms with Gasteiger partial charge in [0.05, 0.1) is 5.08 Å². The standard InChI is InChI=1S/C15H34N2S2/c1-12(2)16(14(5,6)7)18-11-19-17(13(3)4)15(8,9)10/h12-13H,11H2,1-10H3. The Kier molecular flexibility index (Phi) is 7.83. The molecule has 0 bridgehead atoms. The Bertz CT molecular complexity index is 226. The van der Waals surface area contributed by atoms with Gasteiger partial charge in [0.2, 0.25) is 0 Å². The minimum absolute atomic E-state index is 0.212. The maximum absolute atomic E-state index is 2.50. The molecule has 0 aromatic heterocycles. The minimum atomic E-state index is 0.212. The van der Waals surface area contributed by atoms with E-state index < -0.39 is 0 Å². The Morgan fingerprint density at radius 3 is 1.11 bits per heavy atom. The Balaban J connectivity index is 4.47. The number of hydrogen-bond donors (Lipinski definition) is 0. The molecule has 0 aliphatic heterocycles. The third-order valence-corrected chi connectivity index (χ3v) is 5.98. The van der Waals surface area contributed by atoms with Crippen LogP contribution in [0.2, 0.25) is 0 Å². The first-order valence-electron chi connectivity index (χ1n) is 7.22. The van der Waals surface area contributed by atoms with E-state index in [2.05, 4.69) is 77.8 Å². The lowest BCUT2D eigenvalue weighted by molar-refractivity contribution is 0.230. The van der Waals surface area contributed by atoms with Gasteiger partial charge < -0.3 is 0 Å². The van der Waals surface area contributed by atoms with Crippen LogP contribution >= 0.6 is 23.9 Å². The fraction of sp³-hybridized carbons (Fsp3) is 1.00. The van der Waals surface area contributed by atoms with Gasteiger partial charge in [0.15, 0.2) is 0 Å². The van der Waals surface area contributed by atoms with E-state index in [9.17, 15) is 0 Å². The van der Waals surface area contributed by atoms with Crippen molar-refractivity contribution in [1.82, 2.24) is 8.61 Å². The molecule has 4 heteroatoms. The summed E-state index contributed by atoms with van der Waals surface area (Å²) in [4.78, 5) is 0. The molecule has 116 valence electrons. The van der Waals surface area contributed by atoms with Gasteiger partial charge in [-0.05, 0) is 69.2 Å². The zero-order valence-corrected chi connectivity index (χ0v) is 16.2. The van der Waals surface area contributed by atoms with Gasteiger partial charge in [0.1, 0.15) is 0 Å². The second-order valence-corrected chi connectivity index (χ2v) is 9.80. The molecule has 0 heterocycles. The first-order chi connectivity index (χ1) is 8.37. The molecular weight excluding hydrogens is 272 g/mol. The lowest BCUT2D eigenvalue weighted by Crippen LogP contribution is -2.42. The number of rotatable bonds is 6. The van der Waals surface area contributed by atoms with Gasteiger partial charge >= 0.3 is 0 Å². The summed E-state index contributed by atoms with van der Waals surface area (Å²) >= 11 is 3.91. The molecule has 2 nitrogen and oxygen atoms in total. The van der Waals surface area contributed by atoms with Crippen molar-refractivity contribution in [3.05, 3.63) is 0 Å². The molecule has 0 radical (unpaired) electrons. The van der Waals surface area contributed by atoms with Crippen LogP contribution in [0.5, 0.6) is 0 Å². The minimum Gasteiger partial charge on any atom is -0.242 e. The summed E-state index contributed by atoms with van der Waals surface area (Å²) in [7, 11) is 0. The Labute approximate surface area is 130 Å². The van der Waals surface area contributed by atoms with Crippen molar-refractivity contribution in [3.8, 4) is 0 Å². The summed E-state index contributed by atoms with van der Waals surface area (Å²) in [6.45, 7) is 22.8. The van der Waals surface area contributed by atoms with Gasteiger partial charge in [-0.1, -0.05) is 23.9 Å². The Hall–Kier alpha value is 0.620. The molecule has 0 aromatic rings. The van der Waals surface area contributed by atoms with Crippen LogP contribution in [0, 0.1) is 0 Å². The monoisotopic (exact) mass is 306 g/mol. The third kappa shape index (κ3) is 7.26. The van der Waals surface area contributed by atoms with Gasteiger partial charge in [0, 0.05) is 23.2 Å². The van der Waals surface area contributed by atoms with Crippen LogP contribution in [0.4, 0.5) is 0 Å². The lowest BCUT2D eigenvalue weighted by atomic mass is 10.1. The average Bonchev–Trinajstić information content (AvgIpc) is 2.11. The molecule has 0 saturated carbocycles. The normalized spacial score (nSPS) is 14.2. The summed E-state index contributed by atoms with van der Waals surface area (Å²) in [5, 5.41) is 1.07. The number of hydrogen-bond acceptors (Lipinski definition) is 4. The van der Waals surface area contributed by atoms with Crippen LogP contribution in [-0.4, -0.2) is 36.9 Å². The summed E-state index contributed by atoms with van der Waals surface area (Å²) in [5.41, 5.74) is 0.424. The fourth-order valence-electron chi connectivity index (χ4n) is 2.37. The Morgan fingerprint density at radius 2 is 0.947 bits per heavy atom. The van der Waals surface area contributed by atoms with Crippen LogP contribution in [0.25, 0.3) is 0 Å². The van der Waals surface area contributed by atoms with Crippen LogP contribution < -0.4 is 0 Å². The first-order valence-corrected chi connectivity index (χ1v) is 9.10. The van der Waals surface area contributed by atoms with Crippen molar-refractivity contribution >= 4 is 23.9 Å². The van der Waals surface area contributed by atoms with E-state index in [1.807, 2.05) is 23.9 Å². The van der Waals surface area contributed by atoms with Crippen molar-refractivity contribution < 1.29 is 0 Å². The molecule has 0 N–H and O–H groups in total. The molecule has 0 aromatic carbocycles. The maximum Gasteiger partial charge on any atom is 0.0687 e. The lowest BCUT2D eigenvalue weighted by Gasteiger charge is -2.40. The highest BCUT2D eigenvalue weighted by atomic mass is 32.2. The predicted molar refractivity (Wildman–Crippen MR) is 93.5 cm³/mol. The number of nitrogens with zero attached hydrogens (tertiary/aromatic N) is 2. The smallest absolute Gasteiger partial charge is 0.0687 e. The van der Waals surface area contributed by atoms with Crippen LogP contribution in [0.15, 0.2) is 0 Å². The molecule has 0 aliphatic rings. The summed E-state index contributed by atoms with van der Waals surface area (Å²) < 4.78 is 5.00. The molecule has 19 heavy (non-hydrogen) atoms. The zero-order chi connectivity index (χ0) is 15.4. The van der Waals surface area contributed by atoms with Crippen LogP contribution in [0.3, 0.4) is 0 Å². The summed E-state index contributed by atoms with van der Waals surface area (Å²) in [6.07, 6.45) is 0. The van der Waals surface area contributed by atoms with Gasteiger partial charge in [-0.2, -0.15) is 0 Å². The van der Waals surface area contributed by atoms with E-state index >= 15 is 0 Å². The van der Waals surface area contributed by atoms with Gasteiger partial charge in [-0.15, -0.1) is 0 Å². The van der Waals surface area contributed by atoms with Gasteiger partial charge in [-0.25, -0.2) is 8.61 Å². The first kappa shape index (κ1) is 19.6. The Morgan fingerprint density at radius 1 is 0.684 bits per heavy atom. The fourth-order valence-corrected chi connectivity index (χ4v) is 4.84. The SMILES string of the molecule is CC(C)N(SCSN(C(C)C)C(C)(C)C)C(C)(C)C. The zero-order valence-electron chi connectivity index (χ0n) is 14.6. The molecule has 0 atom stereocenters. The highest BCUT2D eigenvalue weighted by molar-refractivity contribution is 8.13. The van der Waals surface area contributed by atoms with Crippen molar-refractivity contribution in [2.24, 2.45) is 0 Å². The van der Waals surface area contributed by atoms with Crippen molar-refractivity contribution in [3.63, 3.8) is 0 Å².